The van der Waals surface area contributed by atoms with Crippen molar-refractivity contribution in [1.82, 2.24) is 10.2 Å². The van der Waals surface area contributed by atoms with Gasteiger partial charge < -0.3 is 10.2 Å². The summed E-state index contributed by atoms with van der Waals surface area (Å²) in [6, 6.07) is 1.23. The van der Waals surface area contributed by atoms with Crippen LogP contribution in [-0.4, -0.2) is 36.0 Å². The molecule has 0 radical (unpaired) electrons. The van der Waals surface area contributed by atoms with E-state index in [2.05, 4.69) is 17.1 Å². The maximum absolute atomic E-state index is 12.1. The lowest BCUT2D eigenvalue weighted by molar-refractivity contribution is -0.133. The number of amides is 1. The zero-order valence-corrected chi connectivity index (χ0v) is 13.4. The van der Waals surface area contributed by atoms with Crippen molar-refractivity contribution >= 4 is 5.91 Å². The van der Waals surface area contributed by atoms with E-state index in [1.165, 1.54) is 51.4 Å². The molecule has 3 heteroatoms. The van der Waals surface area contributed by atoms with E-state index >= 15 is 0 Å². The summed E-state index contributed by atoms with van der Waals surface area (Å²) in [5, 5.41) is 3.86. The van der Waals surface area contributed by atoms with Gasteiger partial charge in [0.25, 0.3) is 0 Å². The monoisotopic (exact) mass is 280 g/mol. The second kappa shape index (κ2) is 8.02. The van der Waals surface area contributed by atoms with Crippen LogP contribution in [0, 0.1) is 5.92 Å². The first-order valence-electron chi connectivity index (χ1n) is 8.76. The first-order valence-corrected chi connectivity index (χ1v) is 8.76. The SMILES string of the molecule is CCCC1CC(NC2CCCCC2)CN(C(=O)CC)C1. The zero-order chi connectivity index (χ0) is 14.4. The summed E-state index contributed by atoms with van der Waals surface area (Å²) >= 11 is 0. The number of carbonyl (C=O) groups excluding carboxylic acids is 1. The third-order valence-corrected chi connectivity index (χ3v) is 4.97. The van der Waals surface area contributed by atoms with Gasteiger partial charge in [0.1, 0.15) is 0 Å². The maximum atomic E-state index is 12.1. The van der Waals surface area contributed by atoms with Crippen LogP contribution >= 0.6 is 0 Å². The average Bonchev–Trinajstić information content (AvgIpc) is 2.47. The lowest BCUT2D eigenvalue weighted by Gasteiger charge is -2.40. The quantitative estimate of drug-likeness (QED) is 0.837. The molecule has 0 aromatic heterocycles. The van der Waals surface area contributed by atoms with Crippen LogP contribution in [0.25, 0.3) is 0 Å². The predicted octanol–water partition coefficient (Wildman–Crippen LogP) is 3.34. The Kier molecular flexibility index (Phi) is 6.34. The Balaban J connectivity index is 1.90. The summed E-state index contributed by atoms with van der Waals surface area (Å²) in [5.41, 5.74) is 0. The third-order valence-electron chi connectivity index (χ3n) is 4.97. The van der Waals surface area contributed by atoms with E-state index in [4.69, 9.17) is 0 Å². The van der Waals surface area contributed by atoms with Crippen LogP contribution in [0.2, 0.25) is 0 Å². The fourth-order valence-electron chi connectivity index (χ4n) is 3.97. The molecule has 0 aromatic carbocycles. The summed E-state index contributed by atoms with van der Waals surface area (Å²) in [6.45, 7) is 6.16. The first-order chi connectivity index (χ1) is 9.72. The van der Waals surface area contributed by atoms with Crippen molar-refractivity contribution in [3.8, 4) is 0 Å². The number of piperidine rings is 1. The number of carbonyl (C=O) groups is 1. The van der Waals surface area contributed by atoms with Gasteiger partial charge in [-0.1, -0.05) is 39.5 Å². The summed E-state index contributed by atoms with van der Waals surface area (Å²) in [6.07, 6.45) is 11.2. The molecule has 116 valence electrons. The van der Waals surface area contributed by atoms with Gasteiger partial charge in [0.2, 0.25) is 5.91 Å². The van der Waals surface area contributed by atoms with Crippen molar-refractivity contribution in [1.29, 1.82) is 0 Å². The first kappa shape index (κ1) is 15.8. The number of nitrogens with zero attached hydrogens (tertiary/aromatic N) is 1. The van der Waals surface area contributed by atoms with Gasteiger partial charge in [-0.15, -0.1) is 0 Å². The summed E-state index contributed by atoms with van der Waals surface area (Å²) in [4.78, 5) is 14.2. The van der Waals surface area contributed by atoms with Crippen molar-refractivity contribution < 1.29 is 4.79 Å². The van der Waals surface area contributed by atoms with Gasteiger partial charge in [-0.25, -0.2) is 0 Å². The van der Waals surface area contributed by atoms with E-state index in [0.29, 0.717) is 30.3 Å². The minimum atomic E-state index is 0.334. The number of hydrogen-bond donors (Lipinski definition) is 1. The standard InChI is InChI=1S/C17H32N2O/c1-3-8-14-11-16(13-19(12-14)17(20)4-2)18-15-9-6-5-7-10-15/h14-16,18H,3-13H2,1-2H3. The number of rotatable bonds is 5. The third kappa shape index (κ3) is 4.47. The number of hydrogen-bond acceptors (Lipinski definition) is 2. The van der Waals surface area contributed by atoms with E-state index in [1.54, 1.807) is 0 Å². The van der Waals surface area contributed by atoms with Crippen molar-refractivity contribution in [2.45, 2.75) is 83.7 Å². The summed E-state index contributed by atoms with van der Waals surface area (Å²) in [7, 11) is 0. The predicted molar refractivity (Wildman–Crippen MR) is 83.7 cm³/mol. The average molecular weight is 280 g/mol. The van der Waals surface area contributed by atoms with Gasteiger partial charge >= 0.3 is 0 Å². The molecule has 1 saturated carbocycles. The zero-order valence-electron chi connectivity index (χ0n) is 13.4. The largest absolute Gasteiger partial charge is 0.341 e. The van der Waals surface area contributed by atoms with E-state index < -0.39 is 0 Å². The molecular formula is C17H32N2O. The van der Waals surface area contributed by atoms with Gasteiger partial charge in [-0.3, -0.25) is 4.79 Å². The normalized spacial score (nSPS) is 28.6. The van der Waals surface area contributed by atoms with Crippen molar-refractivity contribution in [3.63, 3.8) is 0 Å². The van der Waals surface area contributed by atoms with Gasteiger partial charge in [-0.2, -0.15) is 0 Å². The van der Waals surface area contributed by atoms with Crippen molar-refractivity contribution in [3.05, 3.63) is 0 Å². The molecule has 1 aliphatic heterocycles. The van der Waals surface area contributed by atoms with Crippen LogP contribution in [-0.2, 0) is 4.79 Å². The highest BCUT2D eigenvalue weighted by Gasteiger charge is 2.30. The van der Waals surface area contributed by atoms with Crippen LogP contribution < -0.4 is 5.32 Å². The minimum absolute atomic E-state index is 0.334. The molecule has 1 amide bonds. The Hall–Kier alpha value is -0.570. The molecule has 1 N–H and O–H groups in total. The molecular weight excluding hydrogens is 248 g/mol. The van der Waals surface area contributed by atoms with Gasteiger partial charge in [0, 0.05) is 31.6 Å². The van der Waals surface area contributed by atoms with Crippen LogP contribution in [0.3, 0.4) is 0 Å². The van der Waals surface area contributed by atoms with E-state index in [0.717, 1.165) is 13.1 Å². The molecule has 0 spiro atoms. The Morgan fingerprint density at radius 3 is 2.50 bits per heavy atom. The fourth-order valence-corrected chi connectivity index (χ4v) is 3.97. The molecule has 20 heavy (non-hydrogen) atoms. The molecule has 1 heterocycles. The van der Waals surface area contributed by atoms with Crippen molar-refractivity contribution in [2.24, 2.45) is 5.92 Å². The molecule has 1 saturated heterocycles. The van der Waals surface area contributed by atoms with E-state index in [9.17, 15) is 4.79 Å². The Labute approximate surface area is 124 Å². The molecule has 2 atom stereocenters. The van der Waals surface area contributed by atoms with E-state index in [1.807, 2.05) is 6.92 Å². The molecule has 2 aliphatic rings. The number of likely N-dealkylation sites (tertiary alicyclic amines) is 1. The molecule has 3 nitrogen and oxygen atoms in total. The fraction of sp³-hybridized carbons (Fsp3) is 0.941. The summed E-state index contributed by atoms with van der Waals surface area (Å²) in [5.74, 6) is 1.03. The van der Waals surface area contributed by atoms with Gasteiger partial charge in [0.15, 0.2) is 0 Å². The lowest BCUT2D eigenvalue weighted by Crippen LogP contribution is -2.53. The smallest absolute Gasteiger partial charge is 0.222 e. The minimum Gasteiger partial charge on any atom is -0.341 e. The van der Waals surface area contributed by atoms with Crippen LogP contribution in [0.5, 0.6) is 0 Å². The number of nitrogens with one attached hydrogen (secondary N) is 1. The Morgan fingerprint density at radius 2 is 1.85 bits per heavy atom. The maximum Gasteiger partial charge on any atom is 0.222 e. The Bertz CT molecular complexity index is 299. The van der Waals surface area contributed by atoms with Gasteiger partial charge in [0.05, 0.1) is 0 Å². The van der Waals surface area contributed by atoms with Gasteiger partial charge in [-0.05, 0) is 31.6 Å². The van der Waals surface area contributed by atoms with E-state index in [-0.39, 0.29) is 0 Å². The Morgan fingerprint density at radius 1 is 1.10 bits per heavy atom. The van der Waals surface area contributed by atoms with Crippen LogP contribution in [0.1, 0.15) is 71.6 Å². The highest BCUT2D eigenvalue weighted by molar-refractivity contribution is 5.76. The molecule has 2 rings (SSSR count). The lowest BCUT2D eigenvalue weighted by atomic mass is 9.88. The second-order valence-electron chi connectivity index (χ2n) is 6.74. The molecule has 2 unspecified atom stereocenters. The topological polar surface area (TPSA) is 32.3 Å². The van der Waals surface area contributed by atoms with Crippen LogP contribution in [0.15, 0.2) is 0 Å². The molecule has 1 aliphatic carbocycles. The molecule has 2 fully saturated rings. The highest BCUT2D eigenvalue weighted by Crippen LogP contribution is 2.24. The van der Waals surface area contributed by atoms with Crippen molar-refractivity contribution in [2.75, 3.05) is 13.1 Å². The second-order valence-corrected chi connectivity index (χ2v) is 6.74. The summed E-state index contributed by atoms with van der Waals surface area (Å²) < 4.78 is 0. The van der Waals surface area contributed by atoms with Crippen LogP contribution in [0.4, 0.5) is 0 Å². The molecule has 0 bridgehead atoms. The molecule has 0 aromatic rings. The highest BCUT2D eigenvalue weighted by atomic mass is 16.2.